The maximum Gasteiger partial charge on any atom is 0.333 e. The Hall–Kier alpha value is -3.59. The number of ether oxygens (including phenoxy) is 1. The molecule has 33 heavy (non-hydrogen) atoms. The van der Waals surface area contributed by atoms with Gasteiger partial charge in [-0.3, -0.25) is 0 Å². The number of nitrogens with one attached hydrogen (secondary N) is 1. The lowest BCUT2D eigenvalue weighted by Gasteiger charge is -2.13. The number of rotatable bonds is 7. The third kappa shape index (κ3) is 4.49. The summed E-state index contributed by atoms with van der Waals surface area (Å²) >= 11 is 6.13. The van der Waals surface area contributed by atoms with E-state index in [0.29, 0.717) is 22.5 Å². The van der Waals surface area contributed by atoms with Crippen LogP contribution in [0.3, 0.4) is 0 Å². The molecule has 0 spiro atoms. The number of hydrogen-bond donors (Lipinski definition) is 1. The number of methoxy groups -OCH3 is 1. The van der Waals surface area contributed by atoms with Crippen LogP contribution >= 0.6 is 11.6 Å². The van der Waals surface area contributed by atoms with Crippen LogP contribution in [0.15, 0.2) is 54.0 Å². The fourth-order valence-corrected chi connectivity index (χ4v) is 3.73. The number of anilines is 1. The van der Waals surface area contributed by atoms with Crippen LogP contribution in [0, 0.1) is 0 Å². The molecule has 0 unspecified atom stereocenters. The number of nitrogens with zero attached hydrogens (tertiary/aromatic N) is 6. The van der Waals surface area contributed by atoms with Gasteiger partial charge in [0.2, 0.25) is 5.95 Å². The van der Waals surface area contributed by atoms with E-state index in [1.54, 1.807) is 47.9 Å². The molecule has 4 aromatic rings. The summed E-state index contributed by atoms with van der Waals surface area (Å²) in [5.74, 6) is 1.69. The van der Waals surface area contributed by atoms with Gasteiger partial charge in [0, 0.05) is 43.5 Å². The van der Waals surface area contributed by atoms with Crippen molar-refractivity contribution in [2.45, 2.75) is 32.7 Å². The highest BCUT2D eigenvalue weighted by Crippen LogP contribution is 2.27. The molecule has 3 heterocycles. The van der Waals surface area contributed by atoms with Gasteiger partial charge in [0.05, 0.1) is 35.9 Å². The van der Waals surface area contributed by atoms with Crippen molar-refractivity contribution in [2.75, 3.05) is 12.4 Å². The second-order valence-corrected chi connectivity index (χ2v) is 8.47. The van der Waals surface area contributed by atoms with Crippen LogP contribution in [-0.2, 0) is 7.05 Å². The van der Waals surface area contributed by atoms with Gasteiger partial charge in [-0.05, 0) is 25.0 Å². The first kappa shape index (κ1) is 22.6. The van der Waals surface area contributed by atoms with Gasteiger partial charge in [-0.1, -0.05) is 25.4 Å². The molecule has 4 rings (SSSR count). The number of halogens is 1. The number of imidazole rings is 2. The average molecular weight is 468 g/mol. The summed E-state index contributed by atoms with van der Waals surface area (Å²) in [5.41, 5.74) is 2.42. The molecule has 9 nitrogen and oxygen atoms in total. The smallest absolute Gasteiger partial charge is 0.333 e. The second kappa shape index (κ2) is 9.11. The Morgan fingerprint density at radius 1 is 1.12 bits per heavy atom. The van der Waals surface area contributed by atoms with Crippen molar-refractivity contribution in [1.82, 2.24) is 28.7 Å². The van der Waals surface area contributed by atoms with Gasteiger partial charge in [0.25, 0.3) is 0 Å². The summed E-state index contributed by atoms with van der Waals surface area (Å²) in [6, 6.07) is 7.08. The first-order chi connectivity index (χ1) is 15.8. The minimum Gasteiger partial charge on any atom is -0.495 e. The molecule has 0 saturated carbocycles. The quantitative estimate of drug-likeness (QED) is 0.439. The number of hydrogen-bond acceptors (Lipinski definition) is 6. The zero-order valence-corrected chi connectivity index (χ0v) is 19.9. The molecule has 0 bridgehead atoms. The first-order valence-corrected chi connectivity index (χ1v) is 10.9. The monoisotopic (exact) mass is 467 g/mol. The van der Waals surface area contributed by atoms with Gasteiger partial charge in [0.1, 0.15) is 11.6 Å². The highest BCUT2D eigenvalue weighted by Gasteiger charge is 2.17. The predicted octanol–water partition coefficient (Wildman–Crippen LogP) is 4.11. The molecule has 3 aromatic heterocycles. The molecule has 1 N–H and O–H groups in total. The Balaban J connectivity index is 1.58. The van der Waals surface area contributed by atoms with Gasteiger partial charge >= 0.3 is 5.69 Å². The summed E-state index contributed by atoms with van der Waals surface area (Å²) in [7, 11) is 3.32. The third-order valence-corrected chi connectivity index (χ3v) is 5.68. The molecule has 0 amide bonds. The van der Waals surface area contributed by atoms with E-state index in [0.717, 1.165) is 17.1 Å². The van der Waals surface area contributed by atoms with E-state index in [4.69, 9.17) is 16.3 Å². The van der Waals surface area contributed by atoms with Crippen molar-refractivity contribution in [3.8, 4) is 17.3 Å². The number of aryl methyl sites for hydroxylation is 1. The van der Waals surface area contributed by atoms with Crippen LogP contribution in [0.1, 0.15) is 44.1 Å². The minimum absolute atomic E-state index is 0.145. The number of benzene rings is 1. The Bertz CT molecular complexity index is 1340. The van der Waals surface area contributed by atoms with Gasteiger partial charge in [-0.2, -0.15) is 4.98 Å². The maximum absolute atomic E-state index is 12.7. The largest absolute Gasteiger partial charge is 0.495 e. The fourth-order valence-electron chi connectivity index (χ4n) is 3.54. The van der Waals surface area contributed by atoms with Crippen LogP contribution in [0.25, 0.3) is 11.5 Å². The Kier molecular flexibility index (Phi) is 6.24. The first-order valence-electron chi connectivity index (χ1n) is 10.5. The Morgan fingerprint density at radius 3 is 2.64 bits per heavy atom. The Morgan fingerprint density at radius 2 is 1.91 bits per heavy atom. The van der Waals surface area contributed by atoms with E-state index < -0.39 is 0 Å². The lowest BCUT2D eigenvalue weighted by atomic mass is 10.1. The number of aromatic nitrogens is 6. The van der Waals surface area contributed by atoms with Gasteiger partial charge in [0.15, 0.2) is 0 Å². The summed E-state index contributed by atoms with van der Waals surface area (Å²) in [5, 5.41) is 3.82. The molecule has 0 saturated heterocycles. The molecule has 0 aliphatic carbocycles. The van der Waals surface area contributed by atoms with E-state index in [9.17, 15) is 4.79 Å². The summed E-state index contributed by atoms with van der Waals surface area (Å²) in [6.07, 6.45) is 7.12. The summed E-state index contributed by atoms with van der Waals surface area (Å²) < 4.78 is 10.4. The van der Waals surface area contributed by atoms with Gasteiger partial charge in [-0.15, -0.1) is 0 Å². The zero-order chi connectivity index (χ0) is 23.7. The summed E-state index contributed by atoms with van der Waals surface area (Å²) in [6.45, 7) is 6.06. The van der Waals surface area contributed by atoms with Gasteiger partial charge < -0.3 is 19.2 Å². The predicted molar refractivity (Wildman–Crippen MR) is 128 cm³/mol. The molecule has 0 radical (unpaired) electrons. The normalized spacial score (nSPS) is 12.2. The fraction of sp³-hybridized carbons (Fsp3) is 0.304. The molecule has 0 aliphatic rings. The third-order valence-electron chi connectivity index (χ3n) is 5.36. The van der Waals surface area contributed by atoms with Crippen LogP contribution < -0.4 is 15.7 Å². The standard InChI is InChI=1S/C23H26ClN7O2/c1-14(2)19-12-29(4)23(32)31(19)21-8-9-25-22(28-21)27-15(3)18-11-30(13-26-18)16-6-7-17(24)20(10-16)33-5/h6-15H,1-5H3,(H,25,27,28)/t15-/m0/s1. The maximum atomic E-state index is 12.7. The average Bonchev–Trinajstić information content (AvgIpc) is 3.40. The highest BCUT2D eigenvalue weighted by atomic mass is 35.5. The van der Waals surface area contributed by atoms with E-state index >= 15 is 0 Å². The van der Waals surface area contributed by atoms with Crippen LogP contribution in [0.5, 0.6) is 5.75 Å². The molecule has 1 atom stereocenters. The Labute approximate surface area is 196 Å². The van der Waals surface area contributed by atoms with Crippen LogP contribution in [0.4, 0.5) is 5.95 Å². The lowest BCUT2D eigenvalue weighted by molar-refractivity contribution is 0.415. The van der Waals surface area contributed by atoms with Crippen LogP contribution in [-0.4, -0.2) is 35.8 Å². The topological polar surface area (TPSA) is 91.8 Å². The van der Waals surface area contributed by atoms with Crippen molar-refractivity contribution < 1.29 is 4.74 Å². The molecule has 172 valence electrons. The molecule has 0 fully saturated rings. The van der Waals surface area contributed by atoms with Crippen molar-refractivity contribution in [3.05, 3.63) is 76.1 Å². The van der Waals surface area contributed by atoms with Crippen molar-refractivity contribution >= 4 is 17.5 Å². The van der Waals surface area contributed by atoms with E-state index in [-0.39, 0.29) is 17.6 Å². The van der Waals surface area contributed by atoms with Gasteiger partial charge in [-0.25, -0.2) is 19.3 Å². The van der Waals surface area contributed by atoms with E-state index in [1.807, 2.05) is 49.9 Å². The SMILES string of the molecule is COc1cc(-n2cnc([C@H](C)Nc3nccc(-n4c(C(C)C)cn(C)c4=O)n3)c2)ccc1Cl. The second-order valence-electron chi connectivity index (χ2n) is 8.07. The highest BCUT2D eigenvalue weighted by molar-refractivity contribution is 6.32. The van der Waals surface area contributed by atoms with E-state index in [1.165, 1.54) is 0 Å². The minimum atomic E-state index is -0.173. The van der Waals surface area contributed by atoms with Crippen molar-refractivity contribution in [2.24, 2.45) is 7.05 Å². The lowest BCUT2D eigenvalue weighted by Crippen LogP contribution is -2.23. The van der Waals surface area contributed by atoms with E-state index in [2.05, 4.69) is 20.3 Å². The molecular formula is C23H26ClN7O2. The zero-order valence-electron chi connectivity index (χ0n) is 19.2. The molecule has 10 heteroatoms. The van der Waals surface area contributed by atoms with Crippen molar-refractivity contribution in [1.29, 1.82) is 0 Å². The molecule has 0 aliphatic heterocycles. The van der Waals surface area contributed by atoms with Crippen molar-refractivity contribution in [3.63, 3.8) is 0 Å². The van der Waals surface area contributed by atoms with Crippen LogP contribution in [0.2, 0.25) is 5.02 Å². The molecule has 1 aromatic carbocycles. The summed E-state index contributed by atoms with van der Waals surface area (Å²) in [4.78, 5) is 26.1. The molecular weight excluding hydrogens is 442 g/mol.